The van der Waals surface area contributed by atoms with Crippen molar-refractivity contribution >= 4 is 0 Å². The summed E-state index contributed by atoms with van der Waals surface area (Å²) in [6, 6.07) is 0.448. The van der Waals surface area contributed by atoms with Crippen LogP contribution < -0.4 is 5.73 Å². The molecule has 16 heavy (non-hydrogen) atoms. The van der Waals surface area contributed by atoms with E-state index in [-0.39, 0.29) is 0 Å². The normalized spacial score (nSPS) is 13.7. The minimum atomic E-state index is 0.304. The molecule has 98 valence electrons. The van der Waals surface area contributed by atoms with Crippen molar-refractivity contribution in [1.82, 2.24) is 4.90 Å². The van der Waals surface area contributed by atoms with Gasteiger partial charge in [-0.15, -0.1) is 0 Å². The summed E-state index contributed by atoms with van der Waals surface area (Å²) < 4.78 is 10.8. The third-order valence-corrected chi connectivity index (χ3v) is 2.62. The summed E-state index contributed by atoms with van der Waals surface area (Å²) in [5.74, 6) is 0. The molecular weight excluding hydrogens is 204 g/mol. The lowest BCUT2D eigenvalue weighted by atomic mass is 10.1. The maximum Gasteiger partial charge on any atom is 0.0617 e. The first-order valence-corrected chi connectivity index (χ1v) is 6.12. The molecule has 0 amide bonds. The third-order valence-electron chi connectivity index (χ3n) is 2.62. The Balaban J connectivity index is 3.81. The van der Waals surface area contributed by atoms with Crippen molar-refractivity contribution in [2.24, 2.45) is 5.73 Å². The van der Waals surface area contributed by atoms with Crippen LogP contribution in [0.15, 0.2) is 0 Å². The second kappa shape index (κ2) is 10.0. The molecule has 1 unspecified atom stereocenters. The van der Waals surface area contributed by atoms with Gasteiger partial charge < -0.3 is 15.2 Å². The molecule has 0 bridgehead atoms. The lowest BCUT2D eigenvalue weighted by Gasteiger charge is -2.27. The number of hydrogen-bond acceptors (Lipinski definition) is 4. The molecule has 0 saturated carbocycles. The van der Waals surface area contributed by atoms with E-state index in [4.69, 9.17) is 15.2 Å². The summed E-state index contributed by atoms with van der Waals surface area (Å²) in [7, 11) is 3.86. The van der Waals surface area contributed by atoms with Crippen LogP contribution >= 0.6 is 0 Å². The van der Waals surface area contributed by atoms with E-state index < -0.39 is 0 Å². The molecule has 0 aromatic rings. The zero-order chi connectivity index (χ0) is 12.4. The van der Waals surface area contributed by atoms with E-state index in [1.807, 2.05) is 0 Å². The molecule has 0 spiro atoms. The van der Waals surface area contributed by atoms with Gasteiger partial charge in [-0.3, -0.25) is 4.90 Å². The van der Waals surface area contributed by atoms with Gasteiger partial charge in [0.15, 0.2) is 0 Å². The highest BCUT2D eigenvalue weighted by molar-refractivity contribution is 4.68. The highest BCUT2D eigenvalue weighted by atomic mass is 16.5. The third kappa shape index (κ3) is 8.05. The monoisotopic (exact) mass is 232 g/mol. The Bertz CT molecular complexity index is 154. The molecule has 2 N–H and O–H groups in total. The molecule has 0 aromatic carbocycles. The van der Waals surface area contributed by atoms with Gasteiger partial charge in [0.25, 0.3) is 0 Å². The molecule has 1 atom stereocenters. The number of hydrogen-bond donors (Lipinski definition) is 1. The number of ether oxygens (including phenoxy) is 2. The molecule has 0 heterocycles. The fraction of sp³-hybridized carbons (Fsp3) is 1.00. The Kier molecular flexibility index (Phi) is 9.92. The summed E-state index contributed by atoms with van der Waals surface area (Å²) >= 11 is 0. The second-order valence-electron chi connectivity index (χ2n) is 4.44. The number of rotatable bonds is 10. The Labute approximate surface area is 100 Å². The van der Waals surface area contributed by atoms with Crippen LogP contribution in [0.3, 0.4) is 0 Å². The van der Waals surface area contributed by atoms with Crippen LogP contribution in [-0.4, -0.2) is 57.5 Å². The molecule has 4 heteroatoms. The second-order valence-corrected chi connectivity index (χ2v) is 4.44. The SMILES string of the molecule is COCC(CCCN)N(C)CCOC(C)C. The zero-order valence-corrected chi connectivity index (χ0v) is 11.2. The molecule has 0 aromatic heterocycles. The van der Waals surface area contributed by atoms with E-state index in [2.05, 4.69) is 25.8 Å². The van der Waals surface area contributed by atoms with E-state index in [1.54, 1.807) is 7.11 Å². The predicted molar refractivity (Wildman–Crippen MR) is 67.7 cm³/mol. The lowest BCUT2D eigenvalue weighted by Crippen LogP contribution is -2.38. The van der Waals surface area contributed by atoms with Crippen molar-refractivity contribution in [2.45, 2.75) is 38.8 Å². The first-order chi connectivity index (χ1) is 7.61. The van der Waals surface area contributed by atoms with Gasteiger partial charge in [-0.25, -0.2) is 0 Å². The van der Waals surface area contributed by atoms with Gasteiger partial charge in [-0.05, 0) is 40.3 Å². The molecule has 0 saturated heterocycles. The Morgan fingerprint density at radius 1 is 1.31 bits per heavy atom. The topological polar surface area (TPSA) is 47.7 Å². The average molecular weight is 232 g/mol. The average Bonchev–Trinajstić information content (AvgIpc) is 2.23. The van der Waals surface area contributed by atoms with Crippen LogP contribution in [-0.2, 0) is 9.47 Å². The van der Waals surface area contributed by atoms with Crippen molar-refractivity contribution in [2.75, 3.05) is 40.5 Å². The molecule has 0 aliphatic heterocycles. The maximum atomic E-state index is 5.54. The molecule has 0 aliphatic rings. The van der Waals surface area contributed by atoms with Gasteiger partial charge in [-0.1, -0.05) is 0 Å². The maximum absolute atomic E-state index is 5.54. The fourth-order valence-electron chi connectivity index (χ4n) is 1.59. The number of likely N-dealkylation sites (N-methyl/N-ethyl adjacent to an activating group) is 1. The van der Waals surface area contributed by atoms with Crippen molar-refractivity contribution in [3.8, 4) is 0 Å². The Morgan fingerprint density at radius 2 is 2.00 bits per heavy atom. The Morgan fingerprint density at radius 3 is 2.50 bits per heavy atom. The fourth-order valence-corrected chi connectivity index (χ4v) is 1.59. The summed E-state index contributed by atoms with van der Waals surface area (Å²) in [6.07, 6.45) is 2.43. The summed E-state index contributed by atoms with van der Waals surface area (Å²) in [4.78, 5) is 2.29. The summed E-state index contributed by atoms with van der Waals surface area (Å²) in [5, 5.41) is 0. The first-order valence-electron chi connectivity index (χ1n) is 6.12. The molecule has 0 rings (SSSR count). The van der Waals surface area contributed by atoms with Crippen molar-refractivity contribution in [1.29, 1.82) is 0 Å². The van der Waals surface area contributed by atoms with Crippen LogP contribution in [0, 0.1) is 0 Å². The number of nitrogens with zero attached hydrogens (tertiary/aromatic N) is 1. The summed E-state index contributed by atoms with van der Waals surface area (Å²) in [5.41, 5.74) is 5.53. The standard InChI is InChI=1S/C12H28N2O2/c1-11(2)16-9-8-14(3)12(10-15-4)6-5-7-13/h11-12H,5-10,13H2,1-4H3. The van der Waals surface area contributed by atoms with Crippen molar-refractivity contribution in [3.63, 3.8) is 0 Å². The molecular formula is C12H28N2O2. The van der Waals surface area contributed by atoms with E-state index in [9.17, 15) is 0 Å². The van der Waals surface area contributed by atoms with E-state index >= 15 is 0 Å². The smallest absolute Gasteiger partial charge is 0.0617 e. The number of nitrogens with two attached hydrogens (primary N) is 1. The van der Waals surface area contributed by atoms with Gasteiger partial charge in [0.2, 0.25) is 0 Å². The number of methoxy groups -OCH3 is 1. The minimum absolute atomic E-state index is 0.304. The zero-order valence-electron chi connectivity index (χ0n) is 11.2. The van der Waals surface area contributed by atoms with E-state index in [1.165, 1.54) is 0 Å². The van der Waals surface area contributed by atoms with Crippen LogP contribution in [0.2, 0.25) is 0 Å². The van der Waals surface area contributed by atoms with E-state index in [0.29, 0.717) is 12.1 Å². The van der Waals surface area contributed by atoms with E-state index in [0.717, 1.165) is 39.1 Å². The van der Waals surface area contributed by atoms with Crippen LogP contribution in [0.1, 0.15) is 26.7 Å². The van der Waals surface area contributed by atoms with Gasteiger partial charge in [0.05, 0.1) is 19.3 Å². The van der Waals surface area contributed by atoms with Crippen LogP contribution in [0.5, 0.6) is 0 Å². The Hall–Kier alpha value is -0.160. The first kappa shape index (κ1) is 15.8. The molecule has 0 radical (unpaired) electrons. The largest absolute Gasteiger partial charge is 0.383 e. The highest BCUT2D eigenvalue weighted by Crippen LogP contribution is 2.05. The molecule has 4 nitrogen and oxygen atoms in total. The van der Waals surface area contributed by atoms with Gasteiger partial charge in [0.1, 0.15) is 0 Å². The highest BCUT2D eigenvalue weighted by Gasteiger charge is 2.13. The molecule has 0 aliphatic carbocycles. The van der Waals surface area contributed by atoms with Crippen LogP contribution in [0.25, 0.3) is 0 Å². The van der Waals surface area contributed by atoms with Crippen LogP contribution in [0.4, 0.5) is 0 Å². The minimum Gasteiger partial charge on any atom is -0.383 e. The summed E-state index contributed by atoms with van der Waals surface area (Å²) in [6.45, 7) is 7.34. The van der Waals surface area contributed by atoms with Gasteiger partial charge >= 0.3 is 0 Å². The molecule has 0 fully saturated rings. The van der Waals surface area contributed by atoms with Crippen molar-refractivity contribution < 1.29 is 9.47 Å². The quantitative estimate of drug-likeness (QED) is 0.613. The predicted octanol–water partition coefficient (Wildman–Crippen LogP) is 1.10. The van der Waals surface area contributed by atoms with Crippen molar-refractivity contribution in [3.05, 3.63) is 0 Å². The van der Waals surface area contributed by atoms with Gasteiger partial charge in [0, 0.05) is 19.7 Å². The van der Waals surface area contributed by atoms with Gasteiger partial charge in [-0.2, -0.15) is 0 Å². The lowest BCUT2D eigenvalue weighted by molar-refractivity contribution is 0.0398.